The first-order valence-corrected chi connectivity index (χ1v) is 20.2. The number of anilines is 1. The minimum Gasteiger partial charge on any atom is -0.497 e. The molecule has 0 radical (unpaired) electrons. The van der Waals surface area contributed by atoms with Gasteiger partial charge in [0.25, 0.3) is 0 Å². The standard InChI is InChI=1S/C40H48N6O7S/c1-23(2)41-38-43-32(22-54-38)31-19-34(28-16-15-26(50-3)17-30(28)42-31)51-27-18-33-35-45-40(37(48)53-35)20-24(40)11-7-5-4-6-8-14-29(36(47)46(33)21-27)44-39(49)52-25-12-9-10-13-25/h7,11,15-17,19,22-25,27,29,33H,4-6,8-10,12-14,18,20-21H2,1-3H3,(H,41,43)(H,44,49). The van der Waals surface area contributed by atoms with E-state index in [1.165, 1.54) is 11.3 Å². The van der Waals surface area contributed by atoms with Crippen molar-refractivity contribution in [1.82, 2.24) is 20.2 Å². The second kappa shape index (κ2) is 15.2. The van der Waals surface area contributed by atoms with E-state index in [1.807, 2.05) is 29.6 Å². The molecule has 2 N–H and O–H groups in total. The molecule has 3 fully saturated rings. The van der Waals surface area contributed by atoms with Gasteiger partial charge in [-0.3, -0.25) is 4.79 Å². The van der Waals surface area contributed by atoms with Crippen LogP contribution in [0.4, 0.5) is 9.93 Å². The molecule has 1 saturated heterocycles. The summed E-state index contributed by atoms with van der Waals surface area (Å²) in [6.45, 7) is 4.32. The number of methoxy groups -OCH3 is 1. The Kier molecular flexibility index (Phi) is 10.2. The summed E-state index contributed by atoms with van der Waals surface area (Å²) in [5.74, 6) is 0.796. The van der Waals surface area contributed by atoms with E-state index in [2.05, 4.69) is 36.6 Å². The quantitative estimate of drug-likeness (QED) is 0.185. The van der Waals surface area contributed by atoms with Gasteiger partial charge in [0.2, 0.25) is 11.8 Å². The van der Waals surface area contributed by atoms with Crippen LogP contribution in [0, 0.1) is 5.92 Å². The molecule has 3 aromatic rings. The van der Waals surface area contributed by atoms with Crippen LogP contribution in [0.3, 0.4) is 0 Å². The number of carbonyl (C=O) groups is 3. The number of hydrogen-bond acceptors (Lipinski definition) is 12. The van der Waals surface area contributed by atoms with Crippen LogP contribution < -0.4 is 20.1 Å². The summed E-state index contributed by atoms with van der Waals surface area (Å²) in [6.07, 6.45) is 11.6. The van der Waals surface area contributed by atoms with Crippen LogP contribution in [0.2, 0.25) is 0 Å². The third-order valence-electron chi connectivity index (χ3n) is 11.0. The van der Waals surface area contributed by atoms with Gasteiger partial charge in [-0.1, -0.05) is 25.0 Å². The number of ether oxygens (including phenoxy) is 4. The normalized spacial score (nSPS) is 27.1. The van der Waals surface area contributed by atoms with Crippen LogP contribution in [0.25, 0.3) is 22.3 Å². The van der Waals surface area contributed by atoms with E-state index in [-0.39, 0.29) is 42.4 Å². The molecule has 5 heterocycles. The van der Waals surface area contributed by atoms with Gasteiger partial charge >= 0.3 is 12.1 Å². The van der Waals surface area contributed by atoms with Crippen molar-refractivity contribution in [2.45, 2.75) is 120 Å². The Morgan fingerprint density at radius 1 is 1.04 bits per heavy atom. The molecule has 2 saturated carbocycles. The maximum atomic E-state index is 14.6. The Labute approximate surface area is 318 Å². The van der Waals surface area contributed by atoms with Gasteiger partial charge in [0.1, 0.15) is 41.5 Å². The van der Waals surface area contributed by atoms with Crippen LogP contribution in [0.15, 0.2) is 46.8 Å². The number of esters is 1. The number of alkyl carbamates (subject to hydrolysis) is 1. The molecule has 2 bridgehead atoms. The van der Waals surface area contributed by atoms with Crippen molar-refractivity contribution in [1.29, 1.82) is 0 Å². The summed E-state index contributed by atoms with van der Waals surface area (Å²) in [5.41, 5.74) is 1.08. The minimum absolute atomic E-state index is 0.0226. The predicted molar refractivity (Wildman–Crippen MR) is 205 cm³/mol. The highest BCUT2D eigenvalue weighted by molar-refractivity contribution is 7.14. The first-order valence-electron chi connectivity index (χ1n) is 19.3. The summed E-state index contributed by atoms with van der Waals surface area (Å²) >= 11 is 1.51. The average Bonchev–Trinajstić information content (AvgIpc) is 3.69. The monoisotopic (exact) mass is 756 g/mol. The van der Waals surface area contributed by atoms with E-state index in [9.17, 15) is 14.4 Å². The van der Waals surface area contributed by atoms with Crippen molar-refractivity contribution < 1.29 is 33.3 Å². The average molecular weight is 757 g/mol. The molecule has 5 aliphatic rings. The highest BCUT2D eigenvalue weighted by Crippen LogP contribution is 2.52. The Hall–Kier alpha value is -4.72. The largest absolute Gasteiger partial charge is 0.497 e. The van der Waals surface area contributed by atoms with Gasteiger partial charge in [-0.25, -0.2) is 24.5 Å². The van der Waals surface area contributed by atoms with E-state index >= 15 is 0 Å². The van der Waals surface area contributed by atoms with Gasteiger partial charge in [-0.2, -0.15) is 0 Å². The maximum absolute atomic E-state index is 14.6. The molecule has 13 nitrogen and oxygen atoms in total. The molecule has 286 valence electrons. The van der Waals surface area contributed by atoms with Crippen LogP contribution in [-0.4, -0.2) is 88.3 Å². The van der Waals surface area contributed by atoms with Crippen LogP contribution in [-0.2, 0) is 19.1 Å². The van der Waals surface area contributed by atoms with E-state index in [1.54, 1.807) is 12.0 Å². The molecule has 2 aromatic heterocycles. The lowest BCUT2D eigenvalue weighted by Gasteiger charge is -2.28. The van der Waals surface area contributed by atoms with Crippen molar-refractivity contribution in [2.24, 2.45) is 10.9 Å². The molecule has 3 aliphatic heterocycles. The van der Waals surface area contributed by atoms with E-state index in [0.29, 0.717) is 47.7 Å². The minimum atomic E-state index is -0.936. The number of aromatic nitrogens is 2. The van der Waals surface area contributed by atoms with Crippen molar-refractivity contribution in [3.63, 3.8) is 0 Å². The SMILES string of the molecule is COc1ccc2c(OC3CC4C5=NC6(CC6C=CCCCCCC(NC(=O)OC6CCCC6)C(=O)N4C3)C(=O)O5)cc(-c3csc(NC(C)C)n3)nc2c1. The molecule has 54 heavy (non-hydrogen) atoms. The van der Waals surface area contributed by atoms with Gasteiger partial charge in [-0.15, -0.1) is 11.3 Å². The van der Waals surface area contributed by atoms with E-state index in [0.717, 1.165) is 61.9 Å². The van der Waals surface area contributed by atoms with Crippen molar-refractivity contribution in [3.8, 4) is 22.9 Å². The number of nitrogens with zero attached hydrogens (tertiary/aromatic N) is 4. The lowest BCUT2D eigenvalue weighted by Crippen LogP contribution is -2.52. The lowest BCUT2D eigenvalue weighted by molar-refractivity contribution is -0.138. The van der Waals surface area contributed by atoms with E-state index < -0.39 is 29.8 Å². The second-order valence-corrected chi connectivity index (χ2v) is 16.2. The summed E-state index contributed by atoms with van der Waals surface area (Å²) in [5, 5.41) is 9.80. The third-order valence-corrected chi connectivity index (χ3v) is 11.8. The van der Waals surface area contributed by atoms with Crippen molar-refractivity contribution in [3.05, 3.63) is 41.8 Å². The van der Waals surface area contributed by atoms with Gasteiger partial charge in [-0.05, 0) is 77.3 Å². The number of aliphatic imine (C=N–C) groups is 1. The van der Waals surface area contributed by atoms with Gasteiger partial charge in [0.05, 0.1) is 24.9 Å². The number of benzene rings is 1. The molecular weight excluding hydrogens is 709 g/mol. The summed E-state index contributed by atoms with van der Waals surface area (Å²) in [7, 11) is 1.61. The number of carbonyl (C=O) groups excluding carboxylic acids is 3. The first-order chi connectivity index (χ1) is 26.2. The molecule has 2 amide bonds. The molecule has 5 atom stereocenters. The molecule has 8 rings (SSSR count). The molecular formula is C40H48N6O7S. The Morgan fingerprint density at radius 3 is 2.69 bits per heavy atom. The number of nitrogens with one attached hydrogen (secondary N) is 2. The first kappa shape index (κ1) is 36.3. The smallest absolute Gasteiger partial charge is 0.408 e. The zero-order valence-corrected chi connectivity index (χ0v) is 31.9. The summed E-state index contributed by atoms with van der Waals surface area (Å²) < 4.78 is 24.0. The molecule has 5 unspecified atom stereocenters. The Morgan fingerprint density at radius 2 is 1.87 bits per heavy atom. The predicted octanol–water partition coefficient (Wildman–Crippen LogP) is 6.81. The fraction of sp³-hybridized carbons (Fsp3) is 0.550. The Balaban J connectivity index is 1.11. The maximum Gasteiger partial charge on any atom is 0.408 e. The van der Waals surface area contributed by atoms with Gasteiger partial charge in [0.15, 0.2) is 10.7 Å². The number of rotatable bonds is 8. The fourth-order valence-corrected chi connectivity index (χ4v) is 8.93. The van der Waals surface area contributed by atoms with Gasteiger partial charge in [0, 0.05) is 41.3 Å². The fourth-order valence-electron chi connectivity index (χ4n) is 8.07. The number of allylic oxidation sites excluding steroid dienone is 1. The van der Waals surface area contributed by atoms with Crippen molar-refractivity contribution in [2.75, 3.05) is 19.0 Å². The van der Waals surface area contributed by atoms with Gasteiger partial charge < -0.3 is 34.5 Å². The van der Waals surface area contributed by atoms with Crippen molar-refractivity contribution >= 4 is 51.2 Å². The zero-order chi connectivity index (χ0) is 37.4. The van der Waals surface area contributed by atoms with E-state index in [4.69, 9.17) is 33.9 Å². The number of hydrogen-bond donors (Lipinski definition) is 2. The Bertz CT molecular complexity index is 1970. The second-order valence-electron chi connectivity index (χ2n) is 15.4. The molecule has 2 aliphatic carbocycles. The molecule has 14 heteroatoms. The number of pyridine rings is 1. The molecule has 1 aromatic carbocycles. The van der Waals surface area contributed by atoms with Crippen LogP contribution in [0.5, 0.6) is 11.5 Å². The summed E-state index contributed by atoms with van der Waals surface area (Å²) in [6, 6.07) is 6.26. The third kappa shape index (κ3) is 7.49. The highest BCUT2D eigenvalue weighted by Gasteiger charge is 2.65. The number of fused-ring (bicyclic) bond motifs is 3. The van der Waals surface area contributed by atoms with Crippen LogP contribution >= 0.6 is 11.3 Å². The summed E-state index contributed by atoms with van der Waals surface area (Å²) in [4.78, 5) is 57.5. The lowest BCUT2D eigenvalue weighted by atomic mass is 10.0. The zero-order valence-electron chi connectivity index (χ0n) is 31.0. The highest BCUT2D eigenvalue weighted by atomic mass is 32.1. The van der Waals surface area contributed by atoms with Crippen LogP contribution in [0.1, 0.15) is 84.5 Å². The number of thiazole rings is 1. The molecule has 1 spiro atoms. The number of amides is 2. The topological polar surface area (TPSA) is 154 Å².